The van der Waals surface area contributed by atoms with Crippen LogP contribution in [0.4, 0.5) is 5.69 Å². The molecule has 0 aliphatic carbocycles. The lowest BCUT2D eigenvalue weighted by Gasteiger charge is -2.24. The monoisotopic (exact) mass is 391 g/mol. The summed E-state index contributed by atoms with van der Waals surface area (Å²) in [5.74, 6) is -0.366. The Morgan fingerprint density at radius 3 is 2.29 bits per heavy atom. The number of anilines is 1. The highest BCUT2D eigenvalue weighted by Crippen LogP contribution is 2.37. The van der Waals surface area contributed by atoms with E-state index in [-0.39, 0.29) is 17.5 Å². The number of nitrogens with zero attached hydrogens (tertiary/aromatic N) is 2. The topological polar surface area (TPSA) is 62.3 Å². The second kappa shape index (κ2) is 9.19. The van der Waals surface area contributed by atoms with Crippen molar-refractivity contribution in [2.75, 3.05) is 19.0 Å². The summed E-state index contributed by atoms with van der Waals surface area (Å²) in [6.07, 6.45) is 1.53. The van der Waals surface area contributed by atoms with Crippen molar-refractivity contribution in [2.24, 2.45) is 0 Å². The van der Waals surface area contributed by atoms with E-state index in [1.807, 2.05) is 60.7 Å². The van der Waals surface area contributed by atoms with E-state index >= 15 is 0 Å². The summed E-state index contributed by atoms with van der Waals surface area (Å²) < 4.78 is 0. The van der Waals surface area contributed by atoms with Crippen molar-refractivity contribution in [1.29, 1.82) is 0 Å². The van der Waals surface area contributed by atoms with Gasteiger partial charge in [-0.2, -0.15) is 0 Å². The predicted octanol–water partition coefficient (Wildman–Crippen LogP) is 3.94. The van der Waals surface area contributed by atoms with Gasteiger partial charge < -0.3 is 10.2 Å². The van der Waals surface area contributed by atoms with Gasteiger partial charge in [0.05, 0.1) is 0 Å². The molecular weight excluding hydrogens is 370 g/mol. The molecule has 0 spiro atoms. The number of amides is 2. The molecule has 1 aromatic heterocycles. The summed E-state index contributed by atoms with van der Waals surface area (Å²) in [5.41, 5.74) is 1.81. The second-order valence-corrected chi connectivity index (χ2v) is 7.28. The lowest BCUT2D eigenvalue weighted by atomic mass is 10.1. The summed E-state index contributed by atoms with van der Waals surface area (Å²) in [7, 11) is 3.26. The van der Waals surface area contributed by atoms with Crippen LogP contribution in [0.1, 0.15) is 21.3 Å². The van der Waals surface area contributed by atoms with Crippen LogP contribution in [0, 0.1) is 0 Å². The molecule has 6 heteroatoms. The molecule has 0 aliphatic rings. The fourth-order valence-electron chi connectivity index (χ4n) is 2.71. The van der Waals surface area contributed by atoms with E-state index in [1.54, 1.807) is 31.1 Å². The van der Waals surface area contributed by atoms with E-state index < -0.39 is 5.25 Å². The molecule has 1 unspecified atom stereocenters. The first-order valence-electron chi connectivity index (χ1n) is 8.82. The van der Waals surface area contributed by atoms with Gasteiger partial charge in [0.15, 0.2) is 0 Å². The van der Waals surface area contributed by atoms with Gasteiger partial charge in [-0.05, 0) is 29.8 Å². The summed E-state index contributed by atoms with van der Waals surface area (Å²) in [5, 5.41) is 2.14. The first-order chi connectivity index (χ1) is 13.6. The molecule has 1 heterocycles. The zero-order chi connectivity index (χ0) is 19.9. The van der Waals surface area contributed by atoms with E-state index in [0.717, 1.165) is 10.5 Å². The van der Waals surface area contributed by atoms with Gasteiger partial charge in [-0.25, -0.2) is 0 Å². The Kier molecular flexibility index (Phi) is 6.45. The molecular formula is C22H21N3O2S. The Balaban J connectivity index is 1.91. The maximum Gasteiger partial charge on any atom is 0.269 e. The zero-order valence-corrected chi connectivity index (χ0v) is 16.5. The van der Waals surface area contributed by atoms with Crippen molar-refractivity contribution in [2.45, 2.75) is 10.1 Å². The molecule has 0 radical (unpaired) electrons. The Bertz CT molecular complexity index is 948. The molecule has 3 aromatic rings. The standard InChI is InChI=1S/C22H21N3O2S/c1-23-21(26)19-15-17(13-14-24-19)25(2)22(27)20(16-9-5-3-6-10-16)28-18-11-7-4-8-12-18/h3-15,20H,1-2H3,(H,23,26). The zero-order valence-electron chi connectivity index (χ0n) is 15.7. The number of nitrogens with one attached hydrogen (secondary N) is 1. The number of thioether (sulfide) groups is 1. The fourth-order valence-corrected chi connectivity index (χ4v) is 3.85. The third-order valence-corrected chi connectivity index (χ3v) is 5.50. The Morgan fingerprint density at radius 1 is 1.00 bits per heavy atom. The lowest BCUT2D eigenvalue weighted by molar-refractivity contribution is -0.117. The quantitative estimate of drug-likeness (QED) is 0.647. The molecule has 142 valence electrons. The molecule has 2 amide bonds. The number of rotatable bonds is 6. The maximum atomic E-state index is 13.4. The van der Waals surface area contributed by atoms with Gasteiger partial charge in [-0.3, -0.25) is 14.6 Å². The maximum absolute atomic E-state index is 13.4. The van der Waals surface area contributed by atoms with Gasteiger partial charge in [0, 0.05) is 30.9 Å². The van der Waals surface area contributed by atoms with Crippen LogP contribution in [-0.4, -0.2) is 30.9 Å². The highest BCUT2D eigenvalue weighted by atomic mass is 32.2. The van der Waals surface area contributed by atoms with Crippen LogP contribution in [0.2, 0.25) is 0 Å². The number of carbonyl (C=O) groups is 2. The van der Waals surface area contributed by atoms with Crippen LogP contribution >= 0.6 is 11.8 Å². The second-order valence-electron chi connectivity index (χ2n) is 6.10. The number of hydrogen-bond acceptors (Lipinski definition) is 4. The summed E-state index contributed by atoms with van der Waals surface area (Å²) in [6.45, 7) is 0. The van der Waals surface area contributed by atoms with Gasteiger partial charge in [0.1, 0.15) is 10.9 Å². The van der Waals surface area contributed by atoms with Crippen molar-refractivity contribution in [3.8, 4) is 0 Å². The minimum Gasteiger partial charge on any atom is -0.354 e. The van der Waals surface area contributed by atoms with Crippen LogP contribution in [0.5, 0.6) is 0 Å². The Hall–Kier alpha value is -3.12. The molecule has 0 aliphatic heterocycles. The van der Waals surface area contributed by atoms with Crippen LogP contribution in [-0.2, 0) is 4.79 Å². The van der Waals surface area contributed by atoms with Gasteiger partial charge in [-0.1, -0.05) is 48.5 Å². The highest BCUT2D eigenvalue weighted by molar-refractivity contribution is 8.00. The van der Waals surface area contributed by atoms with E-state index in [0.29, 0.717) is 5.69 Å². The number of benzene rings is 2. The Morgan fingerprint density at radius 2 is 1.64 bits per heavy atom. The van der Waals surface area contributed by atoms with Crippen molar-refractivity contribution in [1.82, 2.24) is 10.3 Å². The molecule has 1 atom stereocenters. The number of carbonyl (C=O) groups excluding carboxylic acids is 2. The number of aromatic nitrogens is 1. The van der Waals surface area contributed by atoms with E-state index in [4.69, 9.17) is 0 Å². The molecule has 1 N–H and O–H groups in total. The average molecular weight is 391 g/mol. The van der Waals surface area contributed by atoms with Crippen molar-refractivity contribution >= 4 is 29.3 Å². The fraction of sp³-hybridized carbons (Fsp3) is 0.136. The van der Waals surface area contributed by atoms with E-state index in [2.05, 4.69) is 10.3 Å². The Labute approximate surface area is 168 Å². The molecule has 0 saturated heterocycles. The summed E-state index contributed by atoms with van der Waals surface area (Å²) in [4.78, 5) is 31.9. The minimum absolute atomic E-state index is 0.0749. The molecule has 28 heavy (non-hydrogen) atoms. The van der Waals surface area contributed by atoms with Gasteiger partial charge in [-0.15, -0.1) is 11.8 Å². The molecule has 0 bridgehead atoms. The lowest BCUT2D eigenvalue weighted by Crippen LogP contribution is -2.31. The largest absolute Gasteiger partial charge is 0.354 e. The SMILES string of the molecule is CNC(=O)c1cc(N(C)C(=O)C(Sc2ccccc2)c2ccccc2)ccn1. The number of hydrogen-bond donors (Lipinski definition) is 1. The number of pyridine rings is 1. The first kappa shape index (κ1) is 19.6. The number of likely N-dealkylation sites (N-methyl/N-ethyl adjacent to an activating group) is 1. The summed E-state index contributed by atoms with van der Waals surface area (Å²) >= 11 is 1.50. The normalized spacial score (nSPS) is 11.5. The van der Waals surface area contributed by atoms with E-state index in [9.17, 15) is 9.59 Å². The predicted molar refractivity (Wildman–Crippen MR) is 113 cm³/mol. The van der Waals surface area contributed by atoms with Crippen molar-refractivity contribution in [3.63, 3.8) is 0 Å². The van der Waals surface area contributed by atoms with Crippen LogP contribution in [0.15, 0.2) is 83.9 Å². The molecule has 2 aromatic carbocycles. The van der Waals surface area contributed by atoms with Gasteiger partial charge in [0.25, 0.3) is 5.91 Å². The molecule has 0 fully saturated rings. The molecule has 3 rings (SSSR count). The molecule has 0 saturated carbocycles. The van der Waals surface area contributed by atoms with Gasteiger partial charge in [0.2, 0.25) is 5.91 Å². The molecule has 5 nitrogen and oxygen atoms in total. The smallest absolute Gasteiger partial charge is 0.269 e. The van der Waals surface area contributed by atoms with Crippen LogP contribution in [0.3, 0.4) is 0 Å². The third kappa shape index (κ3) is 4.58. The van der Waals surface area contributed by atoms with Crippen LogP contribution < -0.4 is 10.2 Å². The highest BCUT2D eigenvalue weighted by Gasteiger charge is 2.26. The van der Waals surface area contributed by atoms with Gasteiger partial charge >= 0.3 is 0 Å². The summed E-state index contributed by atoms with van der Waals surface area (Å²) in [6, 6.07) is 22.9. The van der Waals surface area contributed by atoms with Crippen molar-refractivity contribution in [3.05, 3.63) is 90.3 Å². The minimum atomic E-state index is -0.412. The third-order valence-electron chi connectivity index (χ3n) is 4.24. The average Bonchev–Trinajstić information content (AvgIpc) is 2.77. The van der Waals surface area contributed by atoms with Crippen molar-refractivity contribution < 1.29 is 9.59 Å². The first-order valence-corrected chi connectivity index (χ1v) is 9.70. The van der Waals surface area contributed by atoms with E-state index in [1.165, 1.54) is 18.0 Å². The van der Waals surface area contributed by atoms with Crippen LogP contribution in [0.25, 0.3) is 0 Å².